The fourth-order valence-electron chi connectivity index (χ4n) is 3.10. The van der Waals surface area contributed by atoms with Gasteiger partial charge in [-0.2, -0.15) is 0 Å². The molecular formula is C19H31N3O2. The van der Waals surface area contributed by atoms with Crippen molar-refractivity contribution in [3.63, 3.8) is 0 Å². The highest BCUT2D eigenvalue weighted by atomic mass is 16.3. The minimum atomic E-state index is -0.188. The van der Waals surface area contributed by atoms with Crippen molar-refractivity contribution in [3.8, 4) is 0 Å². The molecule has 2 rings (SSSR count). The number of amides is 2. The van der Waals surface area contributed by atoms with Crippen molar-refractivity contribution in [2.24, 2.45) is 0 Å². The van der Waals surface area contributed by atoms with Crippen LogP contribution in [0.25, 0.3) is 0 Å². The van der Waals surface area contributed by atoms with E-state index in [0.29, 0.717) is 12.6 Å². The average molecular weight is 333 g/mol. The van der Waals surface area contributed by atoms with E-state index >= 15 is 0 Å². The summed E-state index contributed by atoms with van der Waals surface area (Å²) >= 11 is 0. The Bertz CT molecular complexity index is 487. The first-order valence-corrected chi connectivity index (χ1v) is 9.01. The van der Waals surface area contributed by atoms with E-state index in [1.807, 2.05) is 6.07 Å². The molecule has 1 saturated carbocycles. The molecule has 0 heterocycles. The highest BCUT2D eigenvalue weighted by Gasteiger charge is 2.20. The molecule has 1 atom stereocenters. The summed E-state index contributed by atoms with van der Waals surface area (Å²) in [5, 5.41) is 15.4. The monoisotopic (exact) mass is 333 g/mol. The van der Waals surface area contributed by atoms with E-state index < -0.39 is 0 Å². The number of rotatable bonds is 7. The summed E-state index contributed by atoms with van der Waals surface area (Å²) in [7, 11) is 2.12. The van der Waals surface area contributed by atoms with Gasteiger partial charge >= 0.3 is 6.03 Å². The molecule has 1 aromatic rings. The third-order valence-electron chi connectivity index (χ3n) is 4.91. The zero-order chi connectivity index (χ0) is 17.4. The number of hydrogen-bond acceptors (Lipinski definition) is 3. The molecule has 5 heteroatoms. The lowest BCUT2D eigenvalue weighted by molar-refractivity contribution is 0.117. The normalized spacial score (nSPS) is 22.2. The molecule has 2 amide bonds. The fraction of sp³-hybridized carbons (Fsp3) is 0.632. The second-order valence-electron chi connectivity index (χ2n) is 6.94. The lowest BCUT2D eigenvalue weighted by Crippen LogP contribution is -2.45. The van der Waals surface area contributed by atoms with Gasteiger partial charge in [-0.05, 0) is 51.6 Å². The number of urea groups is 1. The molecule has 0 aromatic heterocycles. The van der Waals surface area contributed by atoms with Gasteiger partial charge in [0.1, 0.15) is 0 Å². The number of carbonyl (C=O) groups is 1. The Morgan fingerprint density at radius 3 is 2.58 bits per heavy atom. The van der Waals surface area contributed by atoms with E-state index in [1.165, 1.54) is 5.56 Å². The third kappa shape index (κ3) is 6.49. The van der Waals surface area contributed by atoms with E-state index in [4.69, 9.17) is 0 Å². The number of aliphatic hydroxyl groups excluding tert-OH is 1. The molecule has 0 bridgehead atoms. The smallest absolute Gasteiger partial charge is 0.315 e. The van der Waals surface area contributed by atoms with E-state index in [1.54, 1.807) is 0 Å². The second-order valence-corrected chi connectivity index (χ2v) is 6.94. The number of benzene rings is 1. The lowest BCUT2D eigenvalue weighted by atomic mass is 9.93. The van der Waals surface area contributed by atoms with Crippen LogP contribution in [-0.4, -0.2) is 47.8 Å². The van der Waals surface area contributed by atoms with Gasteiger partial charge in [0.2, 0.25) is 0 Å². The Morgan fingerprint density at radius 1 is 1.25 bits per heavy atom. The Labute approximate surface area is 145 Å². The first-order chi connectivity index (χ1) is 11.5. The fourth-order valence-corrected chi connectivity index (χ4v) is 3.10. The first-order valence-electron chi connectivity index (χ1n) is 9.01. The Morgan fingerprint density at radius 2 is 1.92 bits per heavy atom. The summed E-state index contributed by atoms with van der Waals surface area (Å²) in [5.41, 5.74) is 1.30. The molecule has 0 saturated heterocycles. The quantitative estimate of drug-likeness (QED) is 0.718. The number of aliphatic hydroxyl groups is 1. The van der Waals surface area contributed by atoms with Gasteiger partial charge in [-0.25, -0.2) is 4.79 Å². The molecule has 1 aromatic carbocycles. The van der Waals surface area contributed by atoms with Crippen molar-refractivity contribution in [1.82, 2.24) is 15.5 Å². The predicted octanol–water partition coefficient (Wildman–Crippen LogP) is 2.50. The van der Waals surface area contributed by atoms with Crippen LogP contribution in [0, 0.1) is 0 Å². The standard InChI is InChI=1S/C19H31N3O2/c1-15(22(2)14-16-6-4-3-5-7-16)12-13-20-19(24)21-17-8-10-18(23)11-9-17/h3-7,15,17-18,23H,8-14H2,1-2H3,(H2,20,21,24). The average Bonchev–Trinajstić information content (AvgIpc) is 2.57. The SMILES string of the molecule is CC(CCNC(=O)NC1CCC(O)CC1)N(C)Cc1ccccc1. The maximum Gasteiger partial charge on any atom is 0.315 e. The summed E-state index contributed by atoms with van der Waals surface area (Å²) in [6, 6.07) is 10.9. The number of nitrogens with zero attached hydrogens (tertiary/aromatic N) is 1. The number of hydrogen-bond donors (Lipinski definition) is 3. The Balaban J connectivity index is 1.61. The van der Waals surface area contributed by atoms with Gasteiger partial charge in [0.15, 0.2) is 0 Å². The predicted molar refractivity (Wildman–Crippen MR) is 96.8 cm³/mol. The molecule has 5 nitrogen and oxygen atoms in total. The Hall–Kier alpha value is -1.59. The number of carbonyl (C=O) groups excluding carboxylic acids is 1. The minimum absolute atomic E-state index is 0.0886. The van der Waals surface area contributed by atoms with Crippen molar-refractivity contribution < 1.29 is 9.90 Å². The van der Waals surface area contributed by atoms with Crippen molar-refractivity contribution in [2.75, 3.05) is 13.6 Å². The molecule has 3 N–H and O–H groups in total. The van der Waals surface area contributed by atoms with Crippen molar-refractivity contribution in [1.29, 1.82) is 0 Å². The summed E-state index contributed by atoms with van der Waals surface area (Å²) in [5.74, 6) is 0. The minimum Gasteiger partial charge on any atom is -0.393 e. The van der Waals surface area contributed by atoms with Gasteiger partial charge in [0.25, 0.3) is 0 Å². The van der Waals surface area contributed by atoms with Crippen molar-refractivity contribution in [3.05, 3.63) is 35.9 Å². The van der Waals surface area contributed by atoms with Crippen LogP contribution in [0.1, 0.15) is 44.6 Å². The number of nitrogens with one attached hydrogen (secondary N) is 2. The highest BCUT2D eigenvalue weighted by molar-refractivity contribution is 5.74. The van der Waals surface area contributed by atoms with Crippen LogP contribution < -0.4 is 10.6 Å². The molecule has 24 heavy (non-hydrogen) atoms. The van der Waals surface area contributed by atoms with Crippen LogP contribution in [0.4, 0.5) is 4.79 Å². The van der Waals surface area contributed by atoms with Crippen LogP contribution in [0.2, 0.25) is 0 Å². The molecule has 1 aliphatic rings. The second kappa shape index (κ2) is 9.64. The van der Waals surface area contributed by atoms with Gasteiger partial charge in [-0.1, -0.05) is 30.3 Å². The molecule has 1 unspecified atom stereocenters. The molecule has 0 aliphatic heterocycles. The molecule has 134 valence electrons. The van der Waals surface area contributed by atoms with Gasteiger partial charge < -0.3 is 15.7 Å². The van der Waals surface area contributed by atoms with E-state index in [0.717, 1.165) is 38.6 Å². The summed E-state index contributed by atoms with van der Waals surface area (Å²) in [6.07, 6.45) is 4.03. The largest absolute Gasteiger partial charge is 0.393 e. The van der Waals surface area contributed by atoms with Gasteiger partial charge in [0, 0.05) is 25.2 Å². The van der Waals surface area contributed by atoms with E-state index in [9.17, 15) is 9.90 Å². The van der Waals surface area contributed by atoms with Crippen LogP contribution in [0.3, 0.4) is 0 Å². The summed E-state index contributed by atoms with van der Waals surface area (Å²) in [6.45, 7) is 3.77. The summed E-state index contributed by atoms with van der Waals surface area (Å²) in [4.78, 5) is 14.2. The van der Waals surface area contributed by atoms with Crippen molar-refractivity contribution in [2.45, 2.75) is 63.8 Å². The topological polar surface area (TPSA) is 64.6 Å². The molecule has 0 radical (unpaired) electrons. The first kappa shape index (κ1) is 18.7. The third-order valence-corrected chi connectivity index (χ3v) is 4.91. The van der Waals surface area contributed by atoms with Gasteiger partial charge in [0.05, 0.1) is 6.10 Å². The van der Waals surface area contributed by atoms with Crippen LogP contribution in [0.5, 0.6) is 0 Å². The van der Waals surface area contributed by atoms with Gasteiger partial charge in [-0.3, -0.25) is 4.90 Å². The van der Waals surface area contributed by atoms with Gasteiger partial charge in [-0.15, -0.1) is 0 Å². The maximum absolute atomic E-state index is 11.9. The molecule has 0 spiro atoms. The summed E-state index contributed by atoms with van der Waals surface area (Å²) < 4.78 is 0. The van der Waals surface area contributed by atoms with Crippen LogP contribution >= 0.6 is 0 Å². The zero-order valence-electron chi connectivity index (χ0n) is 14.9. The van der Waals surface area contributed by atoms with E-state index in [2.05, 4.69) is 53.8 Å². The Kier molecular flexibility index (Phi) is 7.53. The van der Waals surface area contributed by atoms with Crippen LogP contribution in [0.15, 0.2) is 30.3 Å². The zero-order valence-corrected chi connectivity index (χ0v) is 14.9. The van der Waals surface area contributed by atoms with Crippen molar-refractivity contribution >= 4 is 6.03 Å². The molecular weight excluding hydrogens is 302 g/mol. The molecule has 1 fully saturated rings. The van der Waals surface area contributed by atoms with E-state index in [-0.39, 0.29) is 18.2 Å². The molecule has 1 aliphatic carbocycles. The van der Waals surface area contributed by atoms with Crippen LogP contribution in [-0.2, 0) is 6.54 Å². The lowest BCUT2D eigenvalue weighted by Gasteiger charge is -2.27. The maximum atomic E-state index is 11.9. The highest BCUT2D eigenvalue weighted by Crippen LogP contribution is 2.18.